The van der Waals surface area contributed by atoms with Crippen LogP contribution in [0.3, 0.4) is 0 Å². The summed E-state index contributed by atoms with van der Waals surface area (Å²) in [6.07, 6.45) is 2.37. The zero-order valence-electron chi connectivity index (χ0n) is 15.2. The van der Waals surface area contributed by atoms with Gasteiger partial charge in [-0.25, -0.2) is 4.79 Å². The van der Waals surface area contributed by atoms with Gasteiger partial charge in [0.2, 0.25) is 0 Å². The van der Waals surface area contributed by atoms with Crippen LogP contribution in [0.25, 0.3) is 0 Å². The highest BCUT2D eigenvalue weighted by Crippen LogP contribution is 2.29. The predicted octanol–water partition coefficient (Wildman–Crippen LogP) is 4.51. The Balaban J connectivity index is 0.000000970. The average Bonchev–Trinajstić information content (AvgIpc) is 2.84. The van der Waals surface area contributed by atoms with Crippen molar-refractivity contribution in [2.24, 2.45) is 0 Å². The molecule has 2 amide bonds. The van der Waals surface area contributed by atoms with Crippen molar-refractivity contribution in [2.45, 2.75) is 53.0 Å². The molecule has 0 unspecified atom stereocenters. The van der Waals surface area contributed by atoms with Crippen molar-refractivity contribution in [2.75, 3.05) is 19.7 Å². The van der Waals surface area contributed by atoms with Gasteiger partial charge in [-0.3, -0.25) is 4.79 Å². The Bertz CT molecular complexity index is 584. The molecule has 0 aliphatic carbocycles. The van der Waals surface area contributed by atoms with Crippen molar-refractivity contribution in [3.63, 3.8) is 0 Å². The van der Waals surface area contributed by atoms with Gasteiger partial charge in [-0.15, -0.1) is 0 Å². The molecule has 1 saturated heterocycles. The monoisotopic (exact) mass is 435 g/mol. The van der Waals surface area contributed by atoms with E-state index in [1.54, 1.807) is 11.8 Å². The lowest BCUT2D eigenvalue weighted by Crippen LogP contribution is -2.46. The molecule has 2 rings (SSSR count). The van der Waals surface area contributed by atoms with E-state index >= 15 is 0 Å². The van der Waals surface area contributed by atoms with Gasteiger partial charge in [-0.05, 0) is 42.6 Å². The van der Waals surface area contributed by atoms with E-state index in [4.69, 9.17) is 16.3 Å². The zero-order valence-corrected chi connectivity index (χ0v) is 17.6. The summed E-state index contributed by atoms with van der Waals surface area (Å²) in [4.78, 5) is 28.5. The highest BCUT2D eigenvalue weighted by Gasteiger charge is 2.26. The minimum Gasteiger partial charge on any atom is -0.450 e. The molecule has 0 saturated carbocycles. The summed E-state index contributed by atoms with van der Waals surface area (Å²) in [6, 6.07) is 0.0347. The summed E-state index contributed by atoms with van der Waals surface area (Å²) in [6.45, 7) is 9.37. The summed E-state index contributed by atoms with van der Waals surface area (Å²) >= 11 is 9.37. The molecule has 142 valence electrons. The van der Waals surface area contributed by atoms with Gasteiger partial charge in [-0.2, -0.15) is 0 Å². The van der Waals surface area contributed by atoms with Crippen LogP contribution in [0.1, 0.15) is 56.2 Å². The van der Waals surface area contributed by atoms with Crippen LogP contribution in [0.15, 0.2) is 4.47 Å². The molecule has 0 spiro atoms. The fraction of sp³-hybridized carbons (Fsp3) is 0.647. The van der Waals surface area contributed by atoms with Crippen LogP contribution < -0.4 is 5.32 Å². The number of aromatic nitrogens is 1. The first kappa shape index (κ1) is 21.8. The van der Waals surface area contributed by atoms with Gasteiger partial charge in [-0.1, -0.05) is 31.9 Å². The second-order valence-corrected chi connectivity index (χ2v) is 7.06. The van der Waals surface area contributed by atoms with Gasteiger partial charge in [0.05, 0.1) is 16.1 Å². The van der Waals surface area contributed by atoms with Gasteiger partial charge in [0, 0.05) is 24.8 Å². The van der Waals surface area contributed by atoms with Crippen molar-refractivity contribution in [3.05, 3.63) is 20.9 Å². The molecule has 1 aromatic heterocycles. The van der Waals surface area contributed by atoms with E-state index in [2.05, 4.69) is 40.1 Å². The second kappa shape index (κ2) is 10.7. The maximum absolute atomic E-state index is 12.3. The number of H-pyrrole nitrogens is 1. The number of likely N-dealkylation sites (tertiary alicyclic amines) is 1. The van der Waals surface area contributed by atoms with E-state index in [1.165, 1.54) is 6.42 Å². The number of nitrogens with one attached hydrogen (secondary N) is 2. The maximum atomic E-state index is 12.3. The number of aryl methyl sites for hydroxylation is 1. The Kier molecular flexibility index (Phi) is 9.35. The van der Waals surface area contributed by atoms with E-state index in [9.17, 15) is 9.59 Å². The maximum Gasteiger partial charge on any atom is 0.409 e. The lowest BCUT2D eigenvalue weighted by atomic mass is 10.1. The topological polar surface area (TPSA) is 74.4 Å². The minimum atomic E-state index is -0.290. The summed E-state index contributed by atoms with van der Waals surface area (Å²) < 4.78 is 5.55. The molecule has 1 fully saturated rings. The number of halogens is 2. The number of carbonyl (C=O) groups excluding carboxylic acids is 2. The fourth-order valence-corrected chi connectivity index (χ4v) is 3.13. The fourth-order valence-electron chi connectivity index (χ4n) is 2.41. The summed E-state index contributed by atoms with van der Waals surface area (Å²) in [5, 5.41) is 3.49. The number of aromatic amines is 1. The van der Waals surface area contributed by atoms with Crippen LogP contribution in [-0.2, 0) is 4.74 Å². The summed E-state index contributed by atoms with van der Waals surface area (Å²) in [7, 11) is 0. The SMILES string of the molecule is CCC.CCOC(=O)N1CCC(NC(=O)c2[nH]c(C)c(Cl)c2Br)CC1. The van der Waals surface area contributed by atoms with Crippen molar-refractivity contribution in [1.29, 1.82) is 0 Å². The van der Waals surface area contributed by atoms with Gasteiger partial charge in [0.15, 0.2) is 0 Å². The molecule has 25 heavy (non-hydrogen) atoms. The number of hydrogen-bond acceptors (Lipinski definition) is 3. The normalized spacial score (nSPS) is 14.6. The van der Waals surface area contributed by atoms with E-state index < -0.39 is 0 Å². The standard InChI is InChI=1S/C14H19BrClN3O3.C3H8/c1-3-22-14(21)19-6-4-9(5-7-19)18-13(20)12-10(15)11(16)8(2)17-12;1-3-2/h9,17H,3-7H2,1-2H3,(H,18,20);3H2,1-2H3. The van der Waals surface area contributed by atoms with Crippen LogP contribution in [0, 0.1) is 6.92 Å². The molecular weight excluding hydrogens is 410 g/mol. The highest BCUT2D eigenvalue weighted by molar-refractivity contribution is 9.10. The predicted molar refractivity (Wildman–Crippen MR) is 103 cm³/mol. The molecule has 0 aromatic carbocycles. The van der Waals surface area contributed by atoms with Crippen LogP contribution in [0.4, 0.5) is 4.79 Å². The molecule has 1 aliphatic rings. The van der Waals surface area contributed by atoms with E-state index in [0.717, 1.165) is 5.69 Å². The first-order valence-electron chi connectivity index (χ1n) is 8.61. The lowest BCUT2D eigenvalue weighted by molar-refractivity contribution is 0.0856. The van der Waals surface area contributed by atoms with Gasteiger partial charge in [0.1, 0.15) is 5.69 Å². The van der Waals surface area contributed by atoms with Crippen molar-refractivity contribution < 1.29 is 14.3 Å². The largest absolute Gasteiger partial charge is 0.450 e. The van der Waals surface area contributed by atoms with Gasteiger partial charge in [0.25, 0.3) is 5.91 Å². The highest BCUT2D eigenvalue weighted by atomic mass is 79.9. The summed E-state index contributed by atoms with van der Waals surface area (Å²) in [5.74, 6) is -0.198. The van der Waals surface area contributed by atoms with Gasteiger partial charge < -0.3 is 19.9 Å². The lowest BCUT2D eigenvalue weighted by Gasteiger charge is -2.31. The Hall–Kier alpha value is -1.21. The molecule has 6 nitrogen and oxygen atoms in total. The third kappa shape index (κ3) is 6.22. The van der Waals surface area contributed by atoms with Crippen LogP contribution in [0.2, 0.25) is 5.02 Å². The van der Waals surface area contributed by atoms with Gasteiger partial charge >= 0.3 is 6.09 Å². The average molecular weight is 437 g/mol. The number of amides is 2. The third-order valence-electron chi connectivity index (χ3n) is 3.64. The number of hydrogen-bond donors (Lipinski definition) is 2. The number of rotatable bonds is 3. The Labute approximate surface area is 162 Å². The quantitative estimate of drug-likeness (QED) is 0.732. The van der Waals surface area contributed by atoms with Crippen LogP contribution in [-0.4, -0.2) is 47.6 Å². The van der Waals surface area contributed by atoms with E-state index in [-0.39, 0.29) is 18.0 Å². The number of ether oxygens (including phenoxy) is 1. The van der Waals surface area contributed by atoms with E-state index in [1.807, 2.05) is 6.92 Å². The molecule has 1 aliphatic heterocycles. The molecule has 0 radical (unpaired) electrons. The first-order valence-corrected chi connectivity index (χ1v) is 9.78. The van der Waals surface area contributed by atoms with E-state index in [0.29, 0.717) is 47.7 Å². The zero-order chi connectivity index (χ0) is 19.0. The van der Waals surface area contributed by atoms with Crippen molar-refractivity contribution in [1.82, 2.24) is 15.2 Å². The Morgan fingerprint density at radius 2 is 1.88 bits per heavy atom. The Morgan fingerprint density at radius 1 is 1.32 bits per heavy atom. The second-order valence-electron chi connectivity index (χ2n) is 5.89. The first-order chi connectivity index (χ1) is 11.8. The van der Waals surface area contributed by atoms with Crippen molar-refractivity contribution >= 4 is 39.5 Å². The van der Waals surface area contributed by atoms with Crippen LogP contribution >= 0.6 is 27.5 Å². The molecule has 2 N–H and O–H groups in total. The molecule has 0 atom stereocenters. The summed E-state index contributed by atoms with van der Waals surface area (Å²) in [5.41, 5.74) is 1.17. The molecule has 1 aromatic rings. The Morgan fingerprint density at radius 3 is 2.32 bits per heavy atom. The minimum absolute atomic E-state index is 0.0347. The number of carbonyl (C=O) groups is 2. The van der Waals surface area contributed by atoms with Crippen LogP contribution in [0.5, 0.6) is 0 Å². The molecule has 2 heterocycles. The number of nitrogens with zero attached hydrogens (tertiary/aromatic N) is 1. The van der Waals surface area contributed by atoms with Crippen molar-refractivity contribution in [3.8, 4) is 0 Å². The smallest absolute Gasteiger partial charge is 0.409 e. The molecule has 0 bridgehead atoms. The molecule has 8 heteroatoms. The molecular formula is C17H27BrClN3O3. The third-order valence-corrected chi connectivity index (χ3v) is 5.13. The number of piperidine rings is 1.